The summed E-state index contributed by atoms with van der Waals surface area (Å²) in [6, 6.07) is 11.8. The maximum Gasteiger partial charge on any atom is 0.421 e. The van der Waals surface area contributed by atoms with Crippen LogP contribution in [-0.4, -0.2) is 29.2 Å². The molecular formula is C25H20FNO5. The van der Waals surface area contributed by atoms with Gasteiger partial charge in [0, 0.05) is 11.1 Å². The summed E-state index contributed by atoms with van der Waals surface area (Å²) in [5.41, 5.74) is -2.46. The van der Waals surface area contributed by atoms with Crippen molar-refractivity contribution in [3.05, 3.63) is 89.3 Å². The number of hydrogen-bond donors (Lipinski definition) is 0. The van der Waals surface area contributed by atoms with Gasteiger partial charge in [-0.2, -0.15) is 0 Å². The van der Waals surface area contributed by atoms with E-state index in [-0.39, 0.29) is 16.8 Å². The highest BCUT2D eigenvalue weighted by Gasteiger charge is 2.58. The van der Waals surface area contributed by atoms with Gasteiger partial charge in [0.15, 0.2) is 11.6 Å². The molecule has 162 valence electrons. The molecule has 1 unspecified atom stereocenters. The lowest BCUT2D eigenvalue weighted by molar-refractivity contribution is -0.122. The van der Waals surface area contributed by atoms with Gasteiger partial charge in [-0.25, -0.2) is 14.1 Å². The molecule has 0 radical (unpaired) electrons. The largest absolute Gasteiger partial charge is 0.443 e. The van der Waals surface area contributed by atoms with Crippen LogP contribution in [0.25, 0.3) is 0 Å². The van der Waals surface area contributed by atoms with E-state index < -0.39 is 40.4 Å². The Kier molecular flexibility index (Phi) is 4.92. The van der Waals surface area contributed by atoms with Crippen molar-refractivity contribution in [2.75, 3.05) is 4.90 Å². The Hall–Kier alpha value is -3.87. The van der Waals surface area contributed by atoms with Crippen molar-refractivity contribution >= 4 is 29.3 Å². The van der Waals surface area contributed by atoms with Crippen molar-refractivity contribution in [2.24, 2.45) is 0 Å². The summed E-state index contributed by atoms with van der Waals surface area (Å²) in [5, 5.41) is 0. The van der Waals surface area contributed by atoms with Gasteiger partial charge in [-0.15, -0.1) is 0 Å². The first-order chi connectivity index (χ1) is 15.1. The van der Waals surface area contributed by atoms with Crippen LogP contribution < -0.4 is 4.90 Å². The van der Waals surface area contributed by atoms with E-state index >= 15 is 0 Å². The van der Waals surface area contributed by atoms with Gasteiger partial charge in [0.05, 0.1) is 5.69 Å². The number of allylic oxidation sites excluding steroid dienone is 3. The normalized spacial score (nSPS) is 20.3. The molecule has 1 aliphatic heterocycles. The predicted octanol–water partition coefficient (Wildman–Crippen LogP) is 4.03. The van der Waals surface area contributed by atoms with Crippen LogP contribution in [0, 0.1) is 5.82 Å². The molecule has 6 nitrogen and oxygen atoms in total. The Labute approximate surface area is 184 Å². The van der Waals surface area contributed by atoms with Crippen LogP contribution in [0.3, 0.4) is 0 Å². The number of amides is 2. The number of anilines is 1. The lowest BCUT2D eigenvalue weighted by Gasteiger charge is -2.31. The summed E-state index contributed by atoms with van der Waals surface area (Å²) in [6.45, 7) is 4.95. The van der Waals surface area contributed by atoms with Gasteiger partial charge in [-0.1, -0.05) is 30.3 Å². The Balaban J connectivity index is 2.06. The molecular weight excluding hydrogens is 413 g/mol. The number of halogens is 1. The zero-order chi connectivity index (χ0) is 23.3. The monoisotopic (exact) mass is 433 g/mol. The highest BCUT2D eigenvalue weighted by molar-refractivity contribution is 6.30. The molecule has 1 aliphatic carbocycles. The molecule has 0 spiro atoms. The van der Waals surface area contributed by atoms with Crippen molar-refractivity contribution in [3.8, 4) is 0 Å². The van der Waals surface area contributed by atoms with Crippen molar-refractivity contribution < 1.29 is 28.3 Å². The molecule has 1 heterocycles. The molecule has 0 fully saturated rings. The molecule has 4 rings (SSSR count). The summed E-state index contributed by atoms with van der Waals surface area (Å²) in [4.78, 5) is 53.1. The number of nitrogens with zero attached hydrogens (tertiary/aromatic N) is 1. The Morgan fingerprint density at radius 2 is 1.69 bits per heavy atom. The average molecular weight is 433 g/mol. The van der Waals surface area contributed by atoms with Crippen LogP contribution in [0.1, 0.15) is 31.9 Å². The third-order valence-corrected chi connectivity index (χ3v) is 5.27. The highest BCUT2D eigenvalue weighted by atomic mass is 19.1. The van der Waals surface area contributed by atoms with Crippen LogP contribution in [0.5, 0.6) is 0 Å². The molecule has 2 aromatic rings. The highest BCUT2D eigenvalue weighted by Crippen LogP contribution is 2.51. The number of benzene rings is 2. The van der Waals surface area contributed by atoms with Gasteiger partial charge < -0.3 is 4.74 Å². The van der Waals surface area contributed by atoms with Crippen LogP contribution in [0.4, 0.5) is 14.9 Å². The molecule has 0 aromatic heterocycles. The maximum absolute atomic E-state index is 14.5. The molecule has 1 atom stereocenters. The molecule has 2 aliphatic rings. The Morgan fingerprint density at radius 1 is 1.00 bits per heavy atom. The van der Waals surface area contributed by atoms with Crippen molar-refractivity contribution in [3.63, 3.8) is 0 Å². The maximum atomic E-state index is 14.5. The predicted molar refractivity (Wildman–Crippen MR) is 115 cm³/mol. The first-order valence-corrected chi connectivity index (χ1v) is 9.97. The molecule has 32 heavy (non-hydrogen) atoms. The fourth-order valence-corrected chi connectivity index (χ4v) is 4.07. The van der Waals surface area contributed by atoms with Gasteiger partial charge in [0.25, 0.3) is 5.91 Å². The zero-order valence-corrected chi connectivity index (χ0v) is 17.7. The average Bonchev–Trinajstić information content (AvgIpc) is 2.97. The summed E-state index contributed by atoms with van der Waals surface area (Å²) >= 11 is 0. The summed E-state index contributed by atoms with van der Waals surface area (Å²) in [5.74, 6) is -2.55. The summed E-state index contributed by atoms with van der Waals surface area (Å²) in [6.07, 6.45) is 2.28. The summed E-state index contributed by atoms with van der Waals surface area (Å²) in [7, 11) is 0. The van der Waals surface area contributed by atoms with Gasteiger partial charge in [-0.3, -0.25) is 14.4 Å². The third kappa shape index (κ3) is 3.26. The fourth-order valence-electron chi connectivity index (χ4n) is 4.07. The minimum absolute atomic E-state index is 0.0854. The second-order valence-corrected chi connectivity index (χ2v) is 8.56. The number of imide groups is 1. The SMILES string of the molecule is CC(C)(C)OC(=O)N1C(=O)C(C2=CC(=O)C=CC2=O)(c2ccccc2)c2cc(F)ccc21. The Morgan fingerprint density at radius 3 is 2.34 bits per heavy atom. The van der Waals surface area contributed by atoms with Crippen LogP contribution in [-0.2, 0) is 24.5 Å². The van der Waals surface area contributed by atoms with E-state index in [9.17, 15) is 23.6 Å². The van der Waals surface area contributed by atoms with E-state index in [0.717, 1.165) is 35.3 Å². The van der Waals surface area contributed by atoms with Crippen molar-refractivity contribution in [1.29, 1.82) is 0 Å². The minimum Gasteiger partial charge on any atom is -0.443 e. The number of carbonyl (C=O) groups excluding carboxylic acids is 4. The number of hydrogen-bond acceptors (Lipinski definition) is 5. The van der Waals surface area contributed by atoms with Gasteiger partial charge >= 0.3 is 6.09 Å². The molecule has 2 amide bonds. The van der Waals surface area contributed by atoms with E-state index in [2.05, 4.69) is 0 Å². The fraction of sp³-hybridized carbons (Fsp3) is 0.200. The number of ketones is 2. The number of rotatable bonds is 2. The van der Waals surface area contributed by atoms with Crippen molar-refractivity contribution in [1.82, 2.24) is 0 Å². The molecule has 0 N–H and O–H groups in total. The van der Waals surface area contributed by atoms with Gasteiger partial charge in [-0.05, 0) is 62.8 Å². The topological polar surface area (TPSA) is 80.8 Å². The zero-order valence-electron chi connectivity index (χ0n) is 17.7. The van der Waals surface area contributed by atoms with Crippen LogP contribution in [0.15, 0.2) is 72.3 Å². The number of ether oxygens (including phenoxy) is 1. The van der Waals surface area contributed by atoms with E-state index in [0.29, 0.717) is 5.56 Å². The van der Waals surface area contributed by atoms with E-state index in [1.807, 2.05) is 0 Å². The van der Waals surface area contributed by atoms with Crippen LogP contribution in [0.2, 0.25) is 0 Å². The second kappa shape index (κ2) is 7.37. The molecule has 0 bridgehead atoms. The molecule has 2 aromatic carbocycles. The smallest absolute Gasteiger partial charge is 0.421 e. The van der Waals surface area contributed by atoms with Crippen LogP contribution >= 0.6 is 0 Å². The number of fused-ring (bicyclic) bond motifs is 1. The van der Waals surface area contributed by atoms with E-state index in [1.165, 1.54) is 6.07 Å². The second-order valence-electron chi connectivity index (χ2n) is 8.56. The van der Waals surface area contributed by atoms with Crippen molar-refractivity contribution in [2.45, 2.75) is 31.8 Å². The quantitative estimate of drug-likeness (QED) is 0.668. The number of carbonyl (C=O) groups is 4. The van der Waals surface area contributed by atoms with E-state index in [4.69, 9.17) is 4.74 Å². The summed E-state index contributed by atoms with van der Waals surface area (Å²) < 4.78 is 19.9. The minimum atomic E-state index is -1.90. The molecule has 7 heteroatoms. The van der Waals surface area contributed by atoms with E-state index in [1.54, 1.807) is 51.1 Å². The molecule has 0 saturated carbocycles. The Bertz CT molecular complexity index is 1220. The van der Waals surface area contributed by atoms with Gasteiger partial charge in [0.1, 0.15) is 16.8 Å². The third-order valence-electron chi connectivity index (χ3n) is 5.27. The first kappa shape index (κ1) is 21.4. The lowest BCUT2D eigenvalue weighted by Crippen LogP contribution is -2.48. The van der Waals surface area contributed by atoms with Gasteiger partial charge in [0.2, 0.25) is 0 Å². The standard InChI is InChI=1S/C25H20FNO5/c1-24(2,3)32-23(31)27-20-11-9-16(26)13-18(20)25(22(27)30,15-7-5-4-6-8-15)19-14-17(28)10-12-21(19)29/h4-14H,1-3H3. The lowest BCUT2D eigenvalue weighted by atomic mass is 9.67. The molecule has 0 saturated heterocycles. The first-order valence-electron chi connectivity index (χ1n) is 9.97.